The van der Waals surface area contributed by atoms with Crippen LogP contribution in [-0.4, -0.2) is 23.5 Å². The molecule has 0 saturated carbocycles. The average molecular weight is 271 g/mol. The van der Waals surface area contributed by atoms with Crippen molar-refractivity contribution in [2.45, 2.75) is 48.1 Å². The summed E-state index contributed by atoms with van der Waals surface area (Å²) >= 11 is 3.89. The predicted molar refractivity (Wildman–Crippen MR) is 75.9 cm³/mol. The lowest BCUT2D eigenvalue weighted by molar-refractivity contribution is 0.282. The third kappa shape index (κ3) is 3.71. The number of aliphatic hydroxyl groups is 1. The first kappa shape index (κ1) is 13.4. The molecule has 0 spiro atoms. The number of thiophene rings is 1. The van der Waals surface area contributed by atoms with Crippen molar-refractivity contribution < 1.29 is 5.11 Å². The number of aliphatic hydroxyl groups excluding tert-OH is 1. The average Bonchev–Trinajstić information content (AvgIpc) is 2.76. The second-order valence-electron chi connectivity index (χ2n) is 4.62. The normalized spacial score (nSPS) is 23.6. The minimum atomic E-state index is 0.325. The number of hydrogen-bond donors (Lipinski definition) is 2. The van der Waals surface area contributed by atoms with E-state index in [0.29, 0.717) is 12.6 Å². The van der Waals surface area contributed by atoms with Gasteiger partial charge in [0.2, 0.25) is 0 Å². The smallest absolute Gasteiger partial charge is 0.0649 e. The third-order valence-electron chi connectivity index (χ3n) is 3.14. The van der Waals surface area contributed by atoms with Crippen LogP contribution in [0.25, 0.3) is 0 Å². The van der Waals surface area contributed by atoms with E-state index in [1.165, 1.54) is 16.2 Å². The van der Waals surface area contributed by atoms with Crippen LogP contribution in [0.4, 0.5) is 0 Å². The molecule has 0 bridgehead atoms. The van der Waals surface area contributed by atoms with E-state index in [2.05, 4.69) is 23.7 Å². The zero-order chi connectivity index (χ0) is 12.1. The van der Waals surface area contributed by atoms with E-state index in [-0.39, 0.29) is 0 Å². The first-order chi connectivity index (χ1) is 8.31. The minimum Gasteiger partial charge on any atom is -0.396 e. The zero-order valence-electron chi connectivity index (χ0n) is 10.3. The van der Waals surface area contributed by atoms with Crippen molar-refractivity contribution in [3.8, 4) is 0 Å². The maximum absolute atomic E-state index is 8.73. The second-order valence-corrected chi connectivity index (χ2v) is 7.24. The molecule has 0 saturated heterocycles. The summed E-state index contributed by atoms with van der Waals surface area (Å²) in [6.07, 6.45) is 4.45. The van der Waals surface area contributed by atoms with Crippen molar-refractivity contribution in [1.82, 2.24) is 5.32 Å². The van der Waals surface area contributed by atoms with Crippen LogP contribution in [0.3, 0.4) is 0 Å². The van der Waals surface area contributed by atoms with Gasteiger partial charge >= 0.3 is 0 Å². The van der Waals surface area contributed by atoms with Crippen molar-refractivity contribution in [1.29, 1.82) is 0 Å². The summed E-state index contributed by atoms with van der Waals surface area (Å²) in [7, 11) is 0. The SMILES string of the molecule is C[C@H]1CC(NCCCCCO)c2ccsc2S1. The van der Waals surface area contributed by atoms with E-state index in [0.717, 1.165) is 31.1 Å². The molecule has 0 aliphatic carbocycles. The van der Waals surface area contributed by atoms with Gasteiger partial charge in [-0.2, -0.15) is 0 Å². The van der Waals surface area contributed by atoms with E-state index in [1.807, 2.05) is 23.1 Å². The lowest BCUT2D eigenvalue weighted by Crippen LogP contribution is -2.27. The Hall–Kier alpha value is -0.0300. The standard InChI is InChI=1S/C13H21NOS2/c1-10-9-12(14-6-3-2-4-7-15)11-5-8-16-13(11)17-10/h5,8,10,12,14-15H,2-4,6-7,9H2,1H3/t10-,12?/m0/s1. The molecule has 4 heteroatoms. The van der Waals surface area contributed by atoms with Crippen molar-refractivity contribution >= 4 is 23.1 Å². The van der Waals surface area contributed by atoms with Gasteiger partial charge in [0.25, 0.3) is 0 Å². The van der Waals surface area contributed by atoms with E-state index in [4.69, 9.17) is 5.11 Å². The van der Waals surface area contributed by atoms with Crippen LogP contribution in [0.1, 0.15) is 44.2 Å². The molecular formula is C13H21NOS2. The van der Waals surface area contributed by atoms with Crippen LogP contribution in [0.5, 0.6) is 0 Å². The van der Waals surface area contributed by atoms with Crippen molar-refractivity contribution in [3.05, 3.63) is 17.0 Å². The second kappa shape index (κ2) is 6.78. The molecule has 2 N–H and O–H groups in total. The Morgan fingerprint density at radius 3 is 3.12 bits per heavy atom. The lowest BCUT2D eigenvalue weighted by atomic mass is 10.0. The maximum atomic E-state index is 8.73. The molecule has 1 aliphatic rings. The van der Waals surface area contributed by atoms with Crippen LogP contribution in [-0.2, 0) is 0 Å². The van der Waals surface area contributed by atoms with Gasteiger partial charge in [-0.15, -0.1) is 23.1 Å². The monoisotopic (exact) mass is 271 g/mol. The summed E-state index contributed by atoms with van der Waals surface area (Å²) in [5, 5.41) is 15.3. The molecule has 1 aromatic heterocycles. The Balaban J connectivity index is 1.81. The molecule has 0 aromatic carbocycles. The molecule has 0 fully saturated rings. The largest absolute Gasteiger partial charge is 0.396 e. The van der Waals surface area contributed by atoms with Gasteiger partial charge in [0.15, 0.2) is 0 Å². The van der Waals surface area contributed by atoms with Gasteiger partial charge in [0.05, 0.1) is 4.21 Å². The quantitative estimate of drug-likeness (QED) is 0.778. The van der Waals surface area contributed by atoms with Crippen LogP contribution in [0.15, 0.2) is 15.7 Å². The molecule has 2 rings (SSSR count). The Morgan fingerprint density at radius 2 is 2.29 bits per heavy atom. The summed E-state index contributed by atoms with van der Waals surface area (Å²) in [6.45, 7) is 3.71. The van der Waals surface area contributed by atoms with Gasteiger partial charge < -0.3 is 10.4 Å². The fourth-order valence-corrected chi connectivity index (χ4v) is 4.80. The maximum Gasteiger partial charge on any atom is 0.0649 e. The molecular weight excluding hydrogens is 250 g/mol. The van der Waals surface area contributed by atoms with Crippen molar-refractivity contribution in [2.24, 2.45) is 0 Å². The highest BCUT2D eigenvalue weighted by atomic mass is 32.2. The van der Waals surface area contributed by atoms with Crippen LogP contribution in [0.2, 0.25) is 0 Å². The molecule has 1 aromatic rings. The highest BCUT2D eigenvalue weighted by molar-refractivity contribution is 8.01. The van der Waals surface area contributed by atoms with Gasteiger partial charge in [0.1, 0.15) is 0 Å². The zero-order valence-corrected chi connectivity index (χ0v) is 11.9. The van der Waals surface area contributed by atoms with Gasteiger partial charge in [-0.05, 0) is 49.2 Å². The van der Waals surface area contributed by atoms with Crippen LogP contribution < -0.4 is 5.32 Å². The van der Waals surface area contributed by atoms with E-state index >= 15 is 0 Å². The number of rotatable bonds is 6. The van der Waals surface area contributed by atoms with Gasteiger partial charge in [-0.25, -0.2) is 0 Å². The molecule has 0 amide bonds. The summed E-state index contributed by atoms with van der Waals surface area (Å²) in [6, 6.07) is 2.81. The highest BCUT2D eigenvalue weighted by Gasteiger charge is 2.25. The summed E-state index contributed by atoms with van der Waals surface area (Å²) in [4.78, 5) is 0. The van der Waals surface area contributed by atoms with Crippen LogP contribution in [0, 0.1) is 0 Å². The predicted octanol–water partition coefficient (Wildman–Crippen LogP) is 3.43. The Labute approximate surface area is 112 Å². The number of thioether (sulfide) groups is 1. The first-order valence-electron chi connectivity index (χ1n) is 6.39. The highest BCUT2D eigenvalue weighted by Crippen LogP contribution is 2.43. The van der Waals surface area contributed by atoms with Gasteiger partial charge in [0, 0.05) is 17.9 Å². The van der Waals surface area contributed by atoms with E-state index in [1.54, 1.807) is 0 Å². The Bertz CT molecular complexity index is 340. The summed E-state index contributed by atoms with van der Waals surface area (Å²) < 4.78 is 1.50. The topological polar surface area (TPSA) is 32.3 Å². The fraction of sp³-hybridized carbons (Fsp3) is 0.692. The molecule has 1 unspecified atom stereocenters. The lowest BCUT2D eigenvalue weighted by Gasteiger charge is -2.27. The van der Waals surface area contributed by atoms with Crippen LogP contribution >= 0.6 is 23.1 Å². The minimum absolute atomic E-state index is 0.325. The van der Waals surface area contributed by atoms with Crippen molar-refractivity contribution in [3.63, 3.8) is 0 Å². The van der Waals surface area contributed by atoms with E-state index in [9.17, 15) is 0 Å². The summed E-state index contributed by atoms with van der Waals surface area (Å²) in [5.41, 5.74) is 1.50. The number of hydrogen-bond acceptors (Lipinski definition) is 4. The Morgan fingerprint density at radius 1 is 1.41 bits per heavy atom. The Kier molecular flexibility index (Phi) is 5.35. The van der Waals surface area contributed by atoms with Gasteiger partial charge in [-0.3, -0.25) is 0 Å². The molecule has 2 heterocycles. The third-order valence-corrected chi connectivity index (χ3v) is 5.48. The molecule has 17 heavy (non-hydrogen) atoms. The number of unbranched alkanes of at least 4 members (excludes halogenated alkanes) is 2. The van der Waals surface area contributed by atoms with Crippen molar-refractivity contribution in [2.75, 3.05) is 13.2 Å². The number of fused-ring (bicyclic) bond motifs is 1. The molecule has 96 valence electrons. The van der Waals surface area contributed by atoms with Gasteiger partial charge in [-0.1, -0.05) is 6.92 Å². The molecule has 0 radical (unpaired) electrons. The molecule has 2 atom stereocenters. The molecule has 2 nitrogen and oxygen atoms in total. The number of nitrogens with one attached hydrogen (secondary N) is 1. The first-order valence-corrected chi connectivity index (χ1v) is 8.15. The molecule has 1 aliphatic heterocycles. The summed E-state index contributed by atoms with van der Waals surface area (Å²) in [5.74, 6) is 0. The fourth-order valence-electron chi connectivity index (χ4n) is 2.23. The van der Waals surface area contributed by atoms with E-state index < -0.39 is 0 Å².